The van der Waals surface area contributed by atoms with E-state index in [2.05, 4.69) is 34.9 Å². The smallest absolute Gasteiger partial charge is 0.203 e. The van der Waals surface area contributed by atoms with Crippen LogP contribution >= 0.6 is 0 Å². The third-order valence-electron chi connectivity index (χ3n) is 3.67. The predicted molar refractivity (Wildman–Crippen MR) is 67.3 cm³/mol. The summed E-state index contributed by atoms with van der Waals surface area (Å²) in [6.45, 7) is 5.16. The number of anilines is 1. The van der Waals surface area contributed by atoms with Crippen LogP contribution in [0.25, 0.3) is 0 Å². The van der Waals surface area contributed by atoms with Gasteiger partial charge in [0, 0.05) is 18.8 Å². The molecule has 1 saturated carbocycles. The number of hydrogen-bond acceptors (Lipinski definition) is 3. The lowest BCUT2D eigenvalue weighted by molar-refractivity contribution is 0.0993. The van der Waals surface area contributed by atoms with Gasteiger partial charge in [0.2, 0.25) is 5.95 Å². The Bertz CT molecular complexity index is 391. The predicted octanol–water partition coefficient (Wildman–Crippen LogP) is 2.51. The van der Waals surface area contributed by atoms with Crippen LogP contribution in [0.1, 0.15) is 44.3 Å². The zero-order valence-electron chi connectivity index (χ0n) is 10.6. The van der Waals surface area contributed by atoms with Crippen molar-refractivity contribution in [3.8, 4) is 0 Å². The number of rotatable bonds is 4. The Balaban J connectivity index is 1.70. The van der Waals surface area contributed by atoms with Gasteiger partial charge in [-0.15, -0.1) is 0 Å². The Kier molecular flexibility index (Phi) is 2.82. The minimum atomic E-state index is 0.344. The van der Waals surface area contributed by atoms with Crippen molar-refractivity contribution in [2.45, 2.75) is 57.7 Å². The number of nitrogens with zero attached hydrogens (tertiary/aromatic N) is 2. The monoisotopic (exact) mass is 235 g/mol. The van der Waals surface area contributed by atoms with Gasteiger partial charge in [-0.3, -0.25) is 0 Å². The van der Waals surface area contributed by atoms with Crippen molar-refractivity contribution in [3.05, 3.63) is 11.9 Å². The van der Waals surface area contributed by atoms with Gasteiger partial charge in [-0.05, 0) is 39.5 Å². The summed E-state index contributed by atoms with van der Waals surface area (Å²) in [6, 6.07) is 1.02. The van der Waals surface area contributed by atoms with Crippen LogP contribution in [0.15, 0.2) is 6.20 Å². The molecule has 1 saturated heterocycles. The van der Waals surface area contributed by atoms with Gasteiger partial charge in [-0.2, -0.15) is 0 Å². The zero-order chi connectivity index (χ0) is 11.8. The fourth-order valence-corrected chi connectivity index (χ4v) is 2.55. The third-order valence-corrected chi connectivity index (χ3v) is 3.67. The van der Waals surface area contributed by atoms with E-state index in [1.165, 1.54) is 19.3 Å². The summed E-state index contributed by atoms with van der Waals surface area (Å²) in [5, 5.41) is 3.52. The zero-order valence-corrected chi connectivity index (χ0v) is 10.6. The molecule has 94 valence electrons. The summed E-state index contributed by atoms with van der Waals surface area (Å²) in [6.07, 6.45) is 7.43. The van der Waals surface area contributed by atoms with Crippen molar-refractivity contribution in [2.75, 3.05) is 11.9 Å². The molecule has 2 atom stereocenters. The van der Waals surface area contributed by atoms with Gasteiger partial charge in [0.1, 0.15) is 0 Å². The minimum Gasteiger partial charge on any atom is -0.376 e. The number of aromatic nitrogens is 2. The highest BCUT2D eigenvalue weighted by Gasteiger charge is 2.28. The van der Waals surface area contributed by atoms with Gasteiger partial charge in [0.05, 0.1) is 17.8 Å². The maximum absolute atomic E-state index is 5.71. The Hall–Kier alpha value is -1.03. The molecular weight excluding hydrogens is 214 g/mol. The summed E-state index contributed by atoms with van der Waals surface area (Å²) in [5.41, 5.74) is 1.10. The van der Waals surface area contributed by atoms with E-state index < -0.39 is 0 Å². The van der Waals surface area contributed by atoms with Crippen LogP contribution in [0, 0.1) is 6.92 Å². The van der Waals surface area contributed by atoms with Gasteiger partial charge in [-0.25, -0.2) is 4.98 Å². The number of aryl methyl sites for hydroxylation is 1. The maximum atomic E-state index is 5.71. The summed E-state index contributed by atoms with van der Waals surface area (Å²) in [7, 11) is 0. The first-order valence-corrected chi connectivity index (χ1v) is 6.67. The summed E-state index contributed by atoms with van der Waals surface area (Å²) < 4.78 is 8.00. The Morgan fingerprint density at radius 1 is 1.47 bits per heavy atom. The lowest BCUT2D eigenvalue weighted by Crippen LogP contribution is -2.31. The van der Waals surface area contributed by atoms with Gasteiger partial charge in [0.25, 0.3) is 0 Å². The van der Waals surface area contributed by atoms with E-state index in [4.69, 9.17) is 4.74 Å². The number of ether oxygens (including phenoxy) is 1. The Morgan fingerprint density at radius 2 is 2.29 bits per heavy atom. The molecule has 0 amide bonds. The molecule has 0 bridgehead atoms. The second-order valence-electron chi connectivity index (χ2n) is 5.33. The molecule has 1 N–H and O–H groups in total. The van der Waals surface area contributed by atoms with Crippen molar-refractivity contribution in [3.63, 3.8) is 0 Å². The van der Waals surface area contributed by atoms with Gasteiger partial charge in [-0.1, -0.05) is 0 Å². The molecule has 2 aliphatic rings. The first-order chi connectivity index (χ1) is 8.24. The topological polar surface area (TPSA) is 39.1 Å². The molecule has 2 heterocycles. The van der Waals surface area contributed by atoms with Crippen molar-refractivity contribution >= 4 is 5.95 Å². The average Bonchev–Trinajstić information content (AvgIpc) is 2.86. The molecule has 2 fully saturated rings. The first kappa shape index (κ1) is 11.1. The number of nitrogens with one attached hydrogen (secondary N) is 1. The van der Waals surface area contributed by atoms with Crippen molar-refractivity contribution in [2.24, 2.45) is 0 Å². The van der Waals surface area contributed by atoms with Crippen LogP contribution in [0.2, 0.25) is 0 Å². The lowest BCUT2D eigenvalue weighted by Gasteiger charge is -2.21. The highest BCUT2D eigenvalue weighted by Crippen LogP contribution is 2.37. The van der Waals surface area contributed by atoms with Crippen molar-refractivity contribution < 1.29 is 4.74 Å². The van der Waals surface area contributed by atoms with Gasteiger partial charge >= 0.3 is 0 Å². The van der Waals surface area contributed by atoms with Crippen LogP contribution in [-0.2, 0) is 4.74 Å². The first-order valence-electron chi connectivity index (χ1n) is 6.67. The van der Waals surface area contributed by atoms with E-state index in [1.54, 1.807) is 0 Å². The molecule has 2 unspecified atom stereocenters. The standard InChI is InChI=1S/C13H21N3O/c1-9-8-16(11-5-6-11)13(14-9)15-10(2)12-4-3-7-17-12/h8,10-12H,3-7H2,1-2H3,(H,14,15). The maximum Gasteiger partial charge on any atom is 0.203 e. The molecule has 4 nitrogen and oxygen atoms in total. The molecule has 0 spiro atoms. The largest absolute Gasteiger partial charge is 0.376 e. The highest BCUT2D eigenvalue weighted by molar-refractivity contribution is 5.32. The molecular formula is C13H21N3O. The van der Waals surface area contributed by atoms with Gasteiger partial charge in [0.15, 0.2) is 0 Å². The molecule has 0 aromatic carbocycles. The molecule has 3 rings (SSSR count). The van der Waals surface area contributed by atoms with E-state index in [0.29, 0.717) is 18.2 Å². The number of imidazole rings is 1. The number of hydrogen-bond donors (Lipinski definition) is 1. The van der Waals surface area contributed by atoms with E-state index >= 15 is 0 Å². The summed E-state index contributed by atoms with van der Waals surface area (Å²) in [5.74, 6) is 1.02. The van der Waals surface area contributed by atoms with Crippen LogP contribution in [0.3, 0.4) is 0 Å². The second kappa shape index (κ2) is 4.33. The molecule has 1 aliphatic heterocycles. The Labute approximate surface area is 102 Å². The van der Waals surface area contributed by atoms with E-state index in [0.717, 1.165) is 24.7 Å². The normalized spacial score (nSPS) is 26.1. The van der Waals surface area contributed by atoms with Gasteiger partial charge < -0.3 is 14.6 Å². The van der Waals surface area contributed by atoms with Crippen LogP contribution in [0.5, 0.6) is 0 Å². The lowest BCUT2D eigenvalue weighted by atomic mass is 10.1. The molecule has 1 aromatic heterocycles. The summed E-state index contributed by atoms with van der Waals surface area (Å²) >= 11 is 0. The van der Waals surface area contributed by atoms with Crippen LogP contribution in [0.4, 0.5) is 5.95 Å². The molecule has 17 heavy (non-hydrogen) atoms. The molecule has 4 heteroatoms. The fraction of sp³-hybridized carbons (Fsp3) is 0.769. The molecule has 1 aliphatic carbocycles. The average molecular weight is 235 g/mol. The quantitative estimate of drug-likeness (QED) is 0.871. The third kappa shape index (κ3) is 2.32. The molecule has 0 radical (unpaired) electrons. The second-order valence-corrected chi connectivity index (χ2v) is 5.33. The van der Waals surface area contributed by atoms with Crippen LogP contribution in [-0.4, -0.2) is 28.3 Å². The SMILES string of the molecule is Cc1cn(C2CC2)c(NC(C)C2CCCO2)n1. The fourth-order valence-electron chi connectivity index (χ4n) is 2.55. The highest BCUT2D eigenvalue weighted by atomic mass is 16.5. The summed E-state index contributed by atoms with van der Waals surface area (Å²) in [4.78, 5) is 4.58. The minimum absolute atomic E-state index is 0.344. The Morgan fingerprint density at radius 3 is 2.94 bits per heavy atom. The van der Waals surface area contributed by atoms with Crippen molar-refractivity contribution in [1.29, 1.82) is 0 Å². The van der Waals surface area contributed by atoms with E-state index in [-0.39, 0.29) is 0 Å². The van der Waals surface area contributed by atoms with E-state index in [1.807, 2.05) is 0 Å². The van der Waals surface area contributed by atoms with Crippen LogP contribution < -0.4 is 5.32 Å². The van der Waals surface area contributed by atoms with Crippen molar-refractivity contribution in [1.82, 2.24) is 9.55 Å². The van der Waals surface area contributed by atoms with E-state index in [9.17, 15) is 0 Å². The molecule has 1 aromatic rings.